The average Bonchev–Trinajstić information content (AvgIpc) is 2.82. The van der Waals surface area contributed by atoms with E-state index in [-0.39, 0.29) is 23.3 Å². The van der Waals surface area contributed by atoms with Gasteiger partial charge in [0.1, 0.15) is 6.54 Å². The summed E-state index contributed by atoms with van der Waals surface area (Å²) in [5, 5.41) is 0.0324. The fourth-order valence-electron chi connectivity index (χ4n) is 3.94. The van der Waals surface area contributed by atoms with Gasteiger partial charge in [-0.15, -0.1) is 0 Å². The Balaban J connectivity index is 2.41. The van der Waals surface area contributed by atoms with Gasteiger partial charge in [0.2, 0.25) is 5.91 Å². The number of carbonyl (C=O) groups is 3. The van der Waals surface area contributed by atoms with Crippen LogP contribution in [0.2, 0.25) is 0 Å². The predicted molar refractivity (Wildman–Crippen MR) is 147 cm³/mol. The Labute approximate surface area is 218 Å². The molecule has 1 amide bonds. The largest absolute Gasteiger partial charge is 0.468 e. The van der Waals surface area contributed by atoms with Crippen molar-refractivity contribution in [1.29, 1.82) is 0 Å². The number of ether oxygens (including phenoxy) is 1. The fraction of sp³-hybridized carbons (Fsp3) is 0.667. The molecular weight excluding hydrogens is 514 g/mol. The van der Waals surface area contributed by atoms with Crippen LogP contribution < -0.4 is 4.90 Å². The Hall–Kier alpha value is -1.34. The summed E-state index contributed by atoms with van der Waals surface area (Å²) in [4.78, 5) is 38.7. The van der Waals surface area contributed by atoms with Crippen LogP contribution in [0.1, 0.15) is 95.1 Å². The van der Waals surface area contributed by atoms with Crippen molar-refractivity contribution in [3.05, 3.63) is 27.7 Å². The molecule has 0 heterocycles. The lowest BCUT2D eigenvalue weighted by atomic mass is 10.1. The Morgan fingerprint density at radius 3 is 2.03 bits per heavy atom. The summed E-state index contributed by atoms with van der Waals surface area (Å²) in [7, 11) is 1.30. The molecule has 5 nitrogen and oxygen atoms in total. The molecule has 192 valence electrons. The maximum absolute atomic E-state index is 13.0. The summed E-state index contributed by atoms with van der Waals surface area (Å²) < 4.78 is 5.65. The number of aryl methyl sites for hydroxylation is 1. The molecule has 34 heavy (non-hydrogen) atoms. The SMILES string of the molecule is CCCCCCCCCCCCCC(=O)SCC(=O)N(CC(=O)OC)c1c(C)ccc(Br)c1C. The highest BCUT2D eigenvalue weighted by atomic mass is 79.9. The van der Waals surface area contributed by atoms with E-state index in [1.54, 1.807) is 0 Å². The smallest absolute Gasteiger partial charge is 0.325 e. The van der Waals surface area contributed by atoms with E-state index < -0.39 is 5.97 Å². The van der Waals surface area contributed by atoms with E-state index >= 15 is 0 Å². The summed E-state index contributed by atoms with van der Waals surface area (Å²) in [6.07, 6.45) is 14.1. The Morgan fingerprint density at radius 1 is 0.912 bits per heavy atom. The summed E-state index contributed by atoms with van der Waals surface area (Å²) in [5.41, 5.74) is 2.44. The van der Waals surface area contributed by atoms with Crippen LogP contribution in [0.25, 0.3) is 0 Å². The van der Waals surface area contributed by atoms with Gasteiger partial charge in [-0.1, -0.05) is 105 Å². The van der Waals surface area contributed by atoms with Crippen LogP contribution in [-0.4, -0.2) is 36.4 Å². The van der Waals surface area contributed by atoms with Gasteiger partial charge in [0.25, 0.3) is 0 Å². The third kappa shape index (κ3) is 11.9. The van der Waals surface area contributed by atoms with Crippen molar-refractivity contribution in [3.8, 4) is 0 Å². The van der Waals surface area contributed by atoms with Gasteiger partial charge in [0, 0.05) is 10.9 Å². The quantitative estimate of drug-likeness (QED) is 0.147. The molecule has 0 aliphatic carbocycles. The lowest BCUT2D eigenvalue weighted by Crippen LogP contribution is -2.38. The molecule has 0 aliphatic heterocycles. The Morgan fingerprint density at radius 2 is 1.47 bits per heavy atom. The number of methoxy groups -OCH3 is 1. The first-order valence-corrected chi connectivity index (χ1v) is 14.4. The predicted octanol–water partition coefficient (Wildman–Crippen LogP) is 7.53. The topological polar surface area (TPSA) is 63.7 Å². The number of anilines is 1. The second-order valence-corrected chi connectivity index (χ2v) is 10.7. The van der Waals surface area contributed by atoms with Gasteiger partial charge < -0.3 is 4.74 Å². The second kappa shape index (κ2) is 18.0. The lowest BCUT2D eigenvalue weighted by molar-refractivity contribution is -0.139. The van der Waals surface area contributed by atoms with E-state index in [0.717, 1.165) is 40.2 Å². The highest BCUT2D eigenvalue weighted by molar-refractivity contribution is 9.10. The number of unbranched alkanes of at least 4 members (excludes halogenated alkanes) is 10. The number of carbonyl (C=O) groups excluding carboxylic acids is 3. The van der Waals surface area contributed by atoms with Crippen LogP contribution in [0, 0.1) is 13.8 Å². The summed E-state index contributed by atoms with van der Waals surface area (Å²) >= 11 is 4.54. The second-order valence-electron chi connectivity index (χ2n) is 8.84. The van der Waals surface area contributed by atoms with Crippen LogP contribution in [-0.2, 0) is 19.1 Å². The van der Waals surface area contributed by atoms with Crippen molar-refractivity contribution in [2.75, 3.05) is 24.3 Å². The molecule has 0 saturated carbocycles. The van der Waals surface area contributed by atoms with Gasteiger partial charge in [-0.25, -0.2) is 0 Å². The number of amides is 1. The molecule has 0 fully saturated rings. The van der Waals surface area contributed by atoms with Crippen molar-refractivity contribution >= 4 is 50.4 Å². The zero-order chi connectivity index (χ0) is 25.3. The molecule has 0 aromatic heterocycles. The summed E-state index contributed by atoms with van der Waals surface area (Å²) in [6, 6.07) is 3.82. The van der Waals surface area contributed by atoms with Gasteiger partial charge in [-0.3, -0.25) is 19.3 Å². The number of esters is 1. The Kier molecular flexibility index (Phi) is 16.2. The van der Waals surface area contributed by atoms with Crippen LogP contribution >= 0.6 is 27.7 Å². The van der Waals surface area contributed by atoms with E-state index in [0.29, 0.717) is 12.1 Å². The summed E-state index contributed by atoms with van der Waals surface area (Å²) in [6.45, 7) is 5.86. The first-order valence-electron chi connectivity index (χ1n) is 12.6. The van der Waals surface area contributed by atoms with E-state index in [2.05, 4.69) is 22.9 Å². The zero-order valence-corrected chi connectivity index (χ0v) is 23.8. The van der Waals surface area contributed by atoms with E-state index in [1.807, 2.05) is 26.0 Å². The molecule has 0 unspecified atom stereocenters. The van der Waals surface area contributed by atoms with Crippen molar-refractivity contribution < 1.29 is 19.1 Å². The molecule has 0 N–H and O–H groups in total. The van der Waals surface area contributed by atoms with Gasteiger partial charge in [0.05, 0.1) is 18.6 Å². The molecule has 0 aliphatic rings. The van der Waals surface area contributed by atoms with Gasteiger partial charge in [-0.05, 0) is 37.5 Å². The standard InChI is InChI=1S/C27H42BrNO4S/c1-5-6-7-8-9-10-11-12-13-14-15-16-26(32)34-20-24(30)29(19-25(31)33-4)27-21(2)17-18-23(28)22(27)3/h17-18H,5-16,19-20H2,1-4H3. The highest BCUT2D eigenvalue weighted by Gasteiger charge is 2.24. The van der Waals surface area contributed by atoms with Crippen LogP contribution in [0.5, 0.6) is 0 Å². The molecule has 1 rings (SSSR count). The van der Waals surface area contributed by atoms with E-state index in [9.17, 15) is 14.4 Å². The number of halogens is 1. The number of hydrogen-bond donors (Lipinski definition) is 0. The van der Waals surface area contributed by atoms with Crippen LogP contribution in [0.15, 0.2) is 16.6 Å². The molecule has 0 spiro atoms. The van der Waals surface area contributed by atoms with E-state index in [1.165, 1.54) is 69.8 Å². The molecule has 0 saturated heterocycles. The maximum atomic E-state index is 13.0. The number of rotatable bonds is 17. The number of hydrogen-bond acceptors (Lipinski definition) is 5. The van der Waals surface area contributed by atoms with Crippen molar-refractivity contribution in [1.82, 2.24) is 0 Å². The van der Waals surface area contributed by atoms with E-state index in [4.69, 9.17) is 4.74 Å². The minimum atomic E-state index is -0.496. The fourth-order valence-corrected chi connectivity index (χ4v) is 4.99. The molecule has 0 atom stereocenters. The highest BCUT2D eigenvalue weighted by Crippen LogP contribution is 2.31. The normalized spacial score (nSPS) is 10.9. The van der Waals surface area contributed by atoms with Crippen molar-refractivity contribution in [2.24, 2.45) is 0 Å². The van der Waals surface area contributed by atoms with Crippen molar-refractivity contribution in [3.63, 3.8) is 0 Å². The molecule has 1 aromatic carbocycles. The lowest BCUT2D eigenvalue weighted by Gasteiger charge is -2.25. The van der Waals surface area contributed by atoms with Gasteiger partial charge >= 0.3 is 5.97 Å². The first kappa shape index (κ1) is 30.7. The third-order valence-electron chi connectivity index (χ3n) is 5.99. The maximum Gasteiger partial charge on any atom is 0.325 e. The third-order valence-corrected chi connectivity index (χ3v) is 7.77. The average molecular weight is 557 g/mol. The van der Waals surface area contributed by atoms with Crippen LogP contribution in [0.4, 0.5) is 5.69 Å². The molecule has 1 aromatic rings. The Bertz CT molecular complexity index is 784. The number of benzene rings is 1. The van der Waals surface area contributed by atoms with Gasteiger partial charge in [-0.2, -0.15) is 0 Å². The molecule has 0 bridgehead atoms. The van der Waals surface area contributed by atoms with Crippen LogP contribution in [0.3, 0.4) is 0 Å². The number of nitrogens with zero attached hydrogens (tertiary/aromatic N) is 1. The minimum Gasteiger partial charge on any atom is -0.468 e. The molecule has 0 radical (unpaired) electrons. The number of thioether (sulfide) groups is 1. The monoisotopic (exact) mass is 555 g/mol. The van der Waals surface area contributed by atoms with Gasteiger partial charge in [0.15, 0.2) is 5.12 Å². The molecule has 7 heteroatoms. The minimum absolute atomic E-state index is 0.0131. The zero-order valence-electron chi connectivity index (χ0n) is 21.4. The molecular formula is C27H42BrNO4S. The van der Waals surface area contributed by atoms with Crippen molar-refractivity contribution in [2.45, 2.75) is 97.8 Å². The first-order chi connectivity index (χ1) is 16.3. The summed E-state index contributed by atoms with van der Waals surface area (Å²) in [5.74, 6) is -0.754.